The van der Waals surface area contributed by atoms with E-state index in [9.17, 15) is 5.11 Å². The molecule has 1 aromatic rings. The molecule has 2 rings (SSSR count). The summed E-state index contributed by atoms with van der Waals surface area (Å²) in [5.74, 6) is 1.05. The molecule has 106 valence electrons. The normalized spacial score (nSPS) is 24.0. The molecule has 0 spiro atoms. The molecular formula is C14H23N3O2. The van der Waals surface area contributed by atoms with Crippen molar-refractivity contribution in [3.63, 3.8) is 0 Å². The lowest BCUT2D eigenvalue weighted by Crippen LogP contribution is -2.46. The molecule has 0 amide bonds. The standard InChI is InChI=1S/C14H23N3O2/c1-9(2)14-15-5-13(12(8-18)16-14)17-6-10(3)19-11(4)7-17/h5,9-11,18H,6-8H2,1-4H3. The Balaban J connectivity index is 2.28. The van der Waals surface area contributed by atoms with E-state index in [1.165, 1.54) is 0 Å². The van der Waals surface area contributed by atoms with Gasteiger partial charge in [-0.15, -0.1) is 0 Å². The fraction of sp³-hybridized carbons (Fsp3) is 0.714. The maximum atomic E-state index is 9.54. The summed E-state index contributed by atoms with van der Waals surface area (Å²) in [6, 6.07) is 0. The highest BCUT2D eigenvalue weighted by Gasteiger charge is 2.24. The number of aromatic nitrogens is 2. The van der Waals surface area contributed by atoms with Crippen LogP contribution in [0.4, 0.5) is 5.69 Å². The molecule has 2 atom stereocenters. The van der Waals surface area contributed by atoms with E-state index in [0.29, 0.717) is 5.69 Å². The molecule has 1 aromatic heterocycles. The summed E-state index contributed by atoms with van der Waals surface area (Å²) >= 11 is 0. The highest BCUT2D eigenvalue weighted by Crippen LogP contribution is 2.24. The van der Waals surface area contributed by atoms with Crippen molar-refractivity contribution in [3.05, 3.63) is 17.7 Å². The summed E-state index contributed by atoms with van der Waals surface area (Å²) in [5.41, 5.74) is 1.63. The van der Waals surface area contributed by atoms with Crippen molar-refractivity contribution in [2.24, 2.45) is 0 Å². The van der Waals surface area contributed by atoms with Crippen LogP contribution in [0.15, 0.2) is 6.20 Å². The molecule has 0 aliphatic carbocycles. The van der Waals surface area contributed by atoms with Crippen LogP contribution in [-0.2, 0) is 11.3 Å². The van der Waals surface area contributed by atoms with Crippen molar-refractivity contribution >= 4 is 5.69 Å². The first-order valence-corrected chi connectivity index (χ1v) is 6.88. The van der Waals surface area contributed by atoms with Gasteiger partial charge in [0.2, 0.25) is 0 Å². The van der Waals surface area contributed by atoms with Crippen molar-refractivity contribution in [2.75, 3.05) is 18.0 Å². The van der Waals surface area contributed by atoms with Crippen LogP contribution < -0.4 is 4.90 Å². The van der Waals surface area contributed by atoms with Gasteiger partial charge < -0.3 is 14.7 Å². The number of morpholine rings is 1. The van der Waals surface area contributed by atoms with Crippen LogP contribution in [-0.4, -0.2) is 40.4 Å². The zero-order valence-corrected chi connectivity index (χ0v) is 12.1. The number of aliphatic hydroxyl groups is 1. The number of hydrogen-bond acceptors (Lipinski definition) is 5. The molecule has 2 unspecified atom stereocenters. The number of ether oxygens (including phenoxy) is 1. The maximum Gasteiger partial charge on any atom is 0.131 e. The second-order valence-electron chi connectivity index (χ2n) is 5.54. The molecular weight excluding hydrogens is 242 g/mol. The number of rotatable bonds is 3. The second-order valence-corrected chi connectivity index (χ2v) is 5.54. The van der Waals surface area contributed by atoms with E-state index in [-0.39, 0.29) is 24.7 Å². The monoisotopic (exact) mass is 265 g/mol. The van der Waals surface area contributed by atoms with E-state index >= 15 is 0 Å². The predicted octanol–water partition coefficient (Wildman–Crippen LogP) is 1.71. The van der Waals surface area contributed by atoms with Gasteiger partial charge in [-0.2, -0.15) is 0 Å². The molecule has 5 nitrogen and oxygen atoms in total. The fourth-order valence-electron chi connectivity index (χ4n) is 2.46. The third-order valence-corrected chi connectivity index (χ3v) is 3.29. The molecule has 1 fully saturated rings. The summed E-state index contributed by atoms with van der Waals surface area (Å²) < 4.78 is 5.73. The van der Waals surface area contributed by atoms with Crippen molar-refractivity contribution in [2.45, 2.75) is 52.4 Å². The van der Waals surface area contributed by atoms with Crippen LogP contribution in [0.5, 0.6) is 0 Å². The quantitative estimate of drug-likeness (QED) is 0.901. The molecule has 1 aliphatic rings. The van der Waals surface area contributed by atoms with E-state index in [1.54, 1.807) is 0 Å². The summed E-state index contributed by atoms with van der Waals surface area (Å²) in [7, 11) is 0. The van der Waals surface area contributed by atoms with E-state index in [0.717, 1.165) is 24.6 Å². The Bertz CT molecular complexity index is 427. The van der Waals surface area contributed by atoms with Gasteiger partial charge >= 0.3 is 0 Å². The Morgan fingerprint density at radius 2 is 2.00 bits per heavy atom. The maximum absolute atomic E-state index is 9.54. The van der Waals surface area contributed by atoms with E-state index in [2.05, 4.69) is 42.6 Å². The lowest BCUT2D eigenvalue weighted by Gasteiger charge is -2.37. The van der Waals surface area contributed by atoms with Crippen molar-refractivity contribution in [3.8, 4) is 0 Å². The molecule has 1 saturated heterocycles. The first-order chi connectivity index (χ1) is 9.01. The van der Waals surface area contributed by atoms with Gasteiger partial charge in [0.25, 0.3) is 0 Å². The number of hydrogen-bond donors (Lipinski definition) is 1. The molecule has 5 heteroatoms. The third kappa shape index (κ3) is 3.22. The summed E-state index contributed by atoms with van der Waals surface area (Å²) in [6.45, 7) is 9.78. The minimum absolute atomic E-state index is 0.0578. The van der Waals surface area contributed by atoms with Crippen molar-refractivity contribution < 1.29 is 9.84 Å². The molecule has 0 aromatic carbocycles. The number of anilines is 1. The Morgan fingerprint density at radius 1 is 1.37 bits per heavy atom. The fourth-order valence-corrected chi connectivity index (χ4v) is 2.46. The first-order valence-electron chi connectivity index (χ1n) is 6.88. The van der Waals surface area contributed by atoms with Crippen molar-refractivity contribution in [1.82, 2.24) is 9.97 Å². The smallest absolute Gasteiger partial charge is 0.131 e. The van der Waals surface area contributed by atoms with E-state index in [4.69, 9.17) is 4.74 Å². The first kappa shape index (κ1) is 14.2. The minimum Gasteiger partial charge on any atom is -0.390 e. The van der Waals surface area contributed by atoms with Crippen molar-refractivity contribution in [1.29, 1.82) is 0 Å². The zero-order valence-electron chi connectivity index (χ0n) is 12.1. The van der Waals surface area contributed by atoms with Crippen LogP contribution >= 0.6 is 0 Å². The molecule has 0 bridgehead atoms. The predicted molar refractivity (Wildman–Crippen MR) is 74.3 cm³/mol. The molecule has 1 aliphatic heterocycles. The van der Waals surface area contributed by atoms with Gasteiger partial charge in [-0.1, -0.05) is 13.8 Å². The Morgan fingerprint density at radius 3 is 2.53 bits per heavy atom. The van der Waals surface area contributed by atoms with Gasteiger partial charge in [0, 0.05) is 19.0 Å². The van der Waals surface area contributed by atoms with E-state index in [1.807, 2.05) is 6.20 Å². The Kier molecular flexibility index (Phi) is 4.37. The number of aliphatic hydroxyl groups excluding tert-OH is 1. The summed E-state index contributed by atoms with van der Waals surface area (Å²) in [6.07, 6.45) is 2.19. The molecule has 1 N–H and O–H groups in total. The summed E-state index contributed by atoms with van der Waals surface area (Å²) in [5, 5.41) is 9.54. The van der Waals surface area contributed by atoms with Gasteiger partial charge in [-0.3, -0.25) is 0 Å². The zero-order chi connectivity index (χ0) is 14.0. The van der Waals surface area contributed by atoms with Crippen LogP contribution in [0.1, 0.15) is 45.1 Å². The Hall–Kier alpha value is -1.20. The van der Waals surface area contributed by atoms with Gasteiger partial charge in [-0.25, -0.2) is 9.97 Å². The average Bonchev–Trinajstić information content (AvgIpc) is 2.36. The van der Waals surface area contributed by atoms with Gasteiger partial charge in [0.05, 0.1) is 36.4 Å². The molecule has 0 radical (unpaired) electrons. The van der Waals surface area contributed by atoms with Crippen LogP contribution in [0.3, 0.4) is 0 Å². The average molecular weight is 265 g/mol. The third-order valence-electron chi connectivity index (χ3n) is 3.29. The van der Waals surface area contributed by atoms with Gasteiger partial charge in [0.1, 0.15) is 5.82 Å². The topological polar surface area (TPSA) is 58.5 Å². The molecule has 2 heterocycles. The highest BCUT2D eigenvalue weighted by molar-refractivity contribution is 5.49. The highest BCUT2D eigenvalue weighted by atomic mass is 16.5. The second kappa shape index (κ2) is 5.84. The minimum atomic E-state index is -0.0578. The molecule has 0 saturated carbocycles. The molecule has 19 heavy (non-hydrogen) atoms. The Labute approximate surface area is 114 Å². The van der Waals surface area contributed by atoms with Crippen LogP contribution in [0, 0.1) is 0 Å². The SMILES string of the molecule is CC1CN(c2cnc(C(C)C)nc2CO)CC(C)O1. The van der Waals surface area contributed by atoms with Gasteiger partial charge in [0.15, 0.2) is 0 Å². The lowest BCUT2D eigenvalue weighted by molar-refractivity contribution is -0.00537. The largest absolute Gasteiger partial charge is 0.390 e. The lowest BCUT2D eigenvalue weighted by atomic mass is 10.1. The van der Waals surface area contributed by atoms with Crippen LogP contribution in [0.25, 0.3) is 0 Å². The number of nitrogens with zero attached hydrogens (tertiary/aromatic N) is 3. The van der Waals surface area contributed by atoms with Crippen LogP contribution in [0.2, 0.25) is 0 Å². The van der Waals surface area contributed by atoms with E-state index < -0.39 is 0 Å². The summed E-state index contributed by atoms with van der Waals surface area (Å²) in [4.78, 5) is 11.1. The van der Waals surface area contributed by atoms with Gasteiger partial charge in [-0.05, 0) is 13.8 Å².